The number of carbonyl (C=O) groups excluding carboxylic acids is 1. The Kier molecular flexibility index (Phi) is 4.63. The number of benzene rings is 1. The van der Waals surface area contributed by atoms with Crippen molar-refractivity contribution in [3.8, 4) is 0 Å². The minimum absolute atomic E-state index is 0.0832. The van der Waals surface area contributed by atoms with Crippen LogP contribution in [-0.2, 0) is 4.74 Å². The first-order valence-corrected chi connectivity index (χ1v) is 6.52. The van der Waals surface area contributed by atoms with Crippen molar-refractivity contribution in [2.75, 3.05) is 31.6 Å². The molecule has 1 atom stereocenters. The molecule has 0 aliphatic carbocycles. The molecule has 5 nitrogen and oxygen atoms in total. The van der Waals surface area contributed by atoms with Gasteiger partial charge in [-0.2, -0.15) is 0 Å². The molecular formula is C13H17ClN2O3. The van der Waals surface area contributed by atoms with E-state index in [9.17, 15) is 4.79 Å². The number of aryl methyl sites for hydroxylation is 1. The van der Waals surface area contributed by atoms with Crippen LogP contribution in [0.5, 0.6) is 0 Å². The van der Waals surface area contributed by atoms with Crippen molar-refractivity contribution in [3.05, 3.63) is 28.8 Å². The molecule has 1 unspecified atom stereocenters. The van der Waals surface area contributed by atoms with E-state index in [4.69, 9.17) is 21.4 Å². The van der Waals surface area contributed by atoms with Crippen LogP contribution < -0.4 is 5.32 Å². The van der Waals surface area contributed by atoms with E-state index in [1.807, 2.05) is 19.1 Å². The second-order valence-electron chi connectivity index (χ2n) is 4.52. The average Bonchev–Trinajstić information content (AvgIpc) is 2.43. The van der Waals surface area contributed by atoms with Gasteiger partial charge >= 0.3 is 6.03 Å². The number of hydrogen-bond donors (Lipinski definition) is 2. The van der Waals surface area contributed by atoms with Gasteiger partial charge in [0.05, 0.1) is 25.9 Å². The molecule has 1 aromatic rings. The Morgan fingerprint density at radius 2 is 2.42 bits per heavy atom. The molecule has 0 saturated carbocycles. The van der Waals surface area contributed by atoms with Crippen molar-refractivity contribution >= 4 is 23.3 Å². The molecule has 1 aliphatic rings. The number of amides is 2. The van der Waals surface area contributed by atoms with Gasteiger partial charge in [0.25, 0.3) is 0 Å². The molecule has 0 aromatic heterocycles. The number of aliphatic hydroxyl groups excluding tert-OH is 1. The van der Waals surface area contributed by atoms with E-state index in [-0.39, 0.29) is 18.7 Å². The number of hydrogen-bond acceptors (Lipinski definition) is 3. The first kappa shape index (κ1) is 14.1. The normalized spacial score (nSPS) is 19.3. The molecule has 1 saturated heterocycles. The standard InChI is InChI=1S/C13H17ClN2O3/c1-9-2-3-10(6-12(9)14)15-13(18)16-4-5-19-11(7-16)8-17/h2-3,6,11,17H,4-5,7-8H2,1H3,(H,15,18). The molecule has 2 amide bonds. The summed E-state index contributed by atoms with van der Waals surface area (Å²) in [6, 6.07) is 5.18. The molecule has 104 valence electrons. The summed E-state index contributed by atoms with van der Waals surface area (Å²) >= 11 is 6.01. The summed E-state index contributed by atoms with van der Waals surface area (Å²) in [5, 5.41) is 12.5. The van der Waals surface area contributed by atoms with Crippen LogP contribution >= 0.6 is 11.6 Å². The highest BCUT2D eigenvalue weighted by Gasteiger charge is 2.23. The quantitative estimate of drug-likeness (QED) is 0.872. The maximum atomic E-state index is 12.1. The second kappa shape index (κ2) is 6.23. The van der Waals surface area contributed by atoms with Gasteiger partial charge in [0, 0.05) is 17.3 Å². The van der Waals surface area contributed by atoms with Crippen LogP contribution in [0.15, 0.2) is 18.2 Å². The molecule has 0 bridgehead atoms. The number of urea groups is 1. The number of nitrogens with one attached hydrogen (secondary N) is 1. The van der Waals surface area contributed by atoms with E-state index in [2.05, 4.69) is 5.32 Å². The van der Waals surface area contributed by atoms with Crippen LogP contribution in [0.4, 0.5) is 10.5 Å². The Balaban J connectivity index is 1.98. The van der Waals surface area contributed by atoms with E-state index in [1.165, 1.54) is 0 Å². The van der Waals surface area contributed by atoms with E-state index in [0.29, 0.717) is 30.4 Å². The lowest BCUT2D eigenvalue weighted by Crippen LogP contribution is -2.48. The lowest BCUT2D eigenvalue weighted by atomic mass is 10.2. The fourth-order valence-electron chi connectivity index (χ4n) is 1.89. The zero-order valence-corrected chi connectivity index (χ0v) is 11.5. The van der Waals surface area contributed by atoms with Gasteiger partial charge in [0.15, 0.2) is 0 Å². The summed E-state index contributed by atoms with van der Waals surface area (Å²) in [5.74, 6) is 0. The largest absolute Gasteiger partial charge is 0.394 e. The van der Waals surface area contributed by atoms with Crippen molar-refractivity contribution in [3.63, 3.8) is 0 Å². The van der Waals surface area contributed by atoms with Gasteiger partial charge in [-0.1, -0.05) is 17.7 Å². The summed E-state index contributed by atoms with van der Waals surface area (Å²) in [6.07, 6.45) is -0.305. The summed E-state index contributed by atoms with van der Waals surface area (Å²) in [7, 11) is 0. The van der Waals surface area contributed by atoms with Gasteiger partial charge in [0.1, 0.15) is 0 Å². The number of rotatable bonds is 2. The molecule has 0 spiro atoms. The second-order valence-corrected chi connectivity index (χ2v) is 4.92. The molecule has 1 aliphatic heterocycles. The lowest BCUT2D eigenvalue weighted by Gasteiger charge is -2.32. The molecular weight excluding hydrogens is 268 g/mol. The molecule has 0 radical (unpaired) electrons. The van der Waals surface area contributed by atoms with Gasteiger partial charge in [-0.15, -0.1) is 0 Å². The Bertz CT molecular complexity index is 467. The zero-order valence-electron chi connectivity index (χ0n) is 10.7. The first-order chi connectivity index (χ1) is 9.10. The Hall–Kier alpha value is -1.30. The molecule has 1 fully saturated rings. The number of nitrogens with zero attached hydrogens (tertiary/aromatic N) is 1. The predicted molar refractivity (Wildman–Crippen MR) is 73.6 cm³/mol. The highest BCUT2D eigenvalue weighted by atomic mass is 35.5. The monoisotopic (exact) mass is 284 g/mol. The van der Waals surface area contributed by atoms with Crippen LogP contribution in [0.3, 0.4) is 0 Å². The van der Waals surface area contributed by atoms with Crippen molar-refractivity contribution in [2.45, 2.75) is 13.0 Å². The van der Waals surface area contributed by atoms with Crippen LogP contribution in [0.2, 0.25) is 5.02 Å². The minimum Gasteiger partial charge on any atom is -0.394 e. The molecule has 2 rings (SSSR count). The number of morpholine rings is 1. The third kappa shape index (κ3) is 3.59. The summed E-state index contributed by atoms with van der Waals surface area (Å²) in [4.78, 5) is 13.7. The van der Waals surface area contributed by atoms with Gasteiger partial charge in [-0.25, -0.2) is 4.79 Å². The number of carbonyl (C=O) groups is 1. The molecule has 2 N–H and O–H groups in total. The van der Waals surface area contributed by atoms with Crippen molar-refractivity contribution in [2.24, 2.45) is 0 Å². The third-order valence-electron chi connectivity index (χ3n) is 3.05. The van der Waals surface area contributed by atoms with Gasteiger partial charge in [-0.05, 0) is 24.6 Å². The van der Waals surface area contributed by atoms with E-state index in [0.717, 1.165) is 5.56 Å². The number of aliphatic hydroxyl groups is 1. The minimum atomic E-state index is -0.305. The molecule has 6 heteroatoms. The third-order valence-corrected chi connectivity index (χ3v) is 3.46. The van der Waals surface area contributed by atoms with Crippen molar-refractivity contribution < 1.29 is 14.6 Å². The summed E-state index contributed by atoms with van der Waals surface area (Å²) in [5.41, 5.74) is 1.62. The Morgan fingerprint density at radius 1 is 1.63 bits per heavy atom. The van der Waals surface area contributed by atoms with Gasteiger partial charge < -0.3 is 20.1 Å². The fraction of sp³-hybridized carbons (Fsp3) is 0.462. The number of anilines is 1. The fourth-order valence-corrected chi connectivity index (χ4v) is 2.07. The van der Waals surface area contributed by atoms with E-state index < -0.39 is 0 Å². The lowest BCUT2D eigenvalue weighted by molar-refractivity contribution is -0.0388. The van der Waals surface area contributed by atoms with Crippen LogP contribution in [0.25, 0.3) is 0 Å². The summed E-state index contributed by atoms with van der Waals surface area (Å²) in [6.45, 7) is 3.17. The maximum absolute atomic E-state index is 12.1. The smallest absolute Gasteiger partial charge is 0.322 e. The average molecular weight is 285 g/mol. The summed E-state index contributed by atoms with van der Waals surface area (Å²) < 4.78 is 5.30. The van der Waals surface area contributed by atoms with Crippen LogP contribution in [0.1, 0.15) is 5.56 Å². The Labute approximate surface area is 117 Å². The first-order valence-electron chi connectivity index (χ1n) is 6.14. The number of ether oxygens (including phenoxy) is 1. The highest BCUT2D eigenvalue weighted by Crippen LogP contribution is 2.20. The van der Waals surface area contributed by atoms with E-state index >= 15 is 0 Å². The van der Waals surface area contributed by atoms with Crippen LogP contribution in [-0.4, -0.2) is 48.4 Å². The maximum Gasteiger partial charge on any atom is 0.322 e. The highest BCUT2D eigenvalue weighted by molar-refractivity contribution is 6.31. The SMILES string of the molecule is Cc1ccc(NC(=O)N2CCOC(CO)C2)cc1Cl. The Morgan fingerprint density at radius 3 is 3.11 bits per heavy atom. The van der Waals surface area contributed by atoms with Gasteiger partial charge in [-0.3, -0.25) is 0 Å². The predicted octanol–water partition coefficient (Wildman–Crippen LogP) is 1.87. The zero-order chi connectivity index (χ0) is 13.8. The van der Waals surface area contributed by atoms with Crippen molar-refractivity contribution in [1.29, 1.82) is 0 Å². The van der Waals surface area contributed by atoms with Crippen LogP contribution in [0, 0.1) is 6.92 Å². The molecule has 1 heterocycles. The topological polar surface area (TPSA) is 61.8 Å². The van der Waals surface area contributed by atoms with Gasteiger partial charge in [0.2, 0.25) is 0 Å². The molecule has 1 aromatic carbocycles. The van der Waals surface area contributed by atoms with E-state index in [1.54, 1.807) is 11.0 Å². The number of halogens is 1. The van der Waals surface area contributed by atoms with Crippen molar-refractivity contribution in [1.82, 2.24) is 4.90 Å². The molecule has 19 heavy (non-hydrogen) atoms.